The SMILES string of the molecule is c1ccc2c(c1)C[C@H](C1CCNCC1)O2. The monoisotopic (exact) mass is 203 g/mol. The van der Waals surface area contributed by atoms with Crippen LogP contribution in [0.25, 0.3) is 0 Å². The highest BCUT2D eigenvalue weighted by Gasteiger charge is 2.30. The van der Waals surface area contributed by atoms with Crippen molar-refractivity contribution in [1.82, 2.24) is 5.32 Å². The van der Waals surface area contributed by atoms with Crippen LogP contribution in [0.15, 0.2) is 24.3 Å². The van der Waals surface area contributed by atoms with Gasteiger partial charge >= 0.3 is 0 Å². The molecule has 2 heterocycles. The van der Waals surface area contributed by atoms with Gasteiger partial charge in [0.15, 0.2) is 0 Å². The van der Waals surface area contributed by atoms with Crippen molar-refractivity contribution in [3.63, 3.8) is 0 Å². The van der Waals surface area contributed by atoms with Crippen LogP contribution in [0, 0.1) is 5.92 Å². The molecule has 0 aromatic heterocycles. The summed E-state index contributed by atoms with van der Waals surface area (Å²) in [7, 11) is 0. The zero-order valence-electron chi connectivity index (χ0n) is 8.91. The molecule has 2 nitrogen and oxygen atoms in total. The van der Waals surface area contributed by atoms with E-state index in [9.17, 15) is 0 Å². The first-order valence-corrected chi connectivity index (χ1v) is 5.89. The van der Waals surface area contributed by atoms with E-state index in [0.29, 0.717) is 6.10 Å². The second kappa shape index (κ2) is 3.86. The van der Waals surface area contributed by atoms with Crippen LogP contribution in [-0.4, -0.2) is 19.2 Å². The summed E-state index contributed by atoms with van der Waals surface area (Å²) in [6.07, 6.45) is 4.07. The lowest BCUT2D eigenvalue weighted by molar-refractivity contribution is 0.134. The van der Waals surface area contributed by atoms with Gasteiger partial charge in [-0.05, 0) is 43.5 Å². The van der Waals surface area contributed by atoms with E-state index in [2.05, 4.69) is 29.6 Å². The highest BCUT2D eigenvalue weighted by Crippen LogP contribution is 2.33. The average Bonchev–Trinajstić information content (AvgIpc) is 2.74. The Balaban J connectivity index is 1.72. The zero-order chi connectivity index (χ0) is 10.1. The van der Waals surface area contributed by atoms with E-state index in [-0.39, 0.29) is 0 Å². The van der Waals surface area contributed by atoms with Crippen LogP contribution in [0.4, 0.5) is 0 Å². The van der Waals surface area contributed by atoms with Crippen LogP contribution in [0.3, 0.4) is 0 Å². The predicted octanol–water partition coefficient (Wildman–Crippen LogP) is 1.99. The molecule has 2 heteroatoms. The fourth-order valence-corrected chi connectivity index (χ4v) is 2.69. The maximum atomic E-state index is 6.02. The Hall–Kier alpha value is -1.02. The molecule has 2 aliphatic rings. The average molecular weight is 203 g/mol. The van der Waals surface area contributed by atoms with E-state index >= 15 is 0 Å². The lowest BCUT2D eigenvalue weighted by Crippen LogP contribution is -2.36. The first-order valence-electron chi connectivity index (χ1n) is 5.89. The van der Waals surface area contributed by atoms with Gasteiger partial charge in [-0.2, -0.15) is 0 Å². The van der Waals surface area contributed by atoms with Crippen molar-refractivity contribution >= 4 is 0 Å². The van der Waals surface area contributed by atoms with Gasteiger partial charge < -0.3 is 10.1 Å². The van der Waals surface area contributed by atoms with Crippen LogP contribution < -0.4 is 10.1 Å². The topological polar surface area (TPSA) is 21.3 Å². The largest absolute Gasteiger partial charge is 0.490 e. The normalized spacial score (nSPS) is 26.0. The van der Waals surface area contributed by atoms with Crippen LogP contribution in [0.5, 0.6) is 5.75 Å². The molecule has 0 aliphatic carbocycles. The molecule has 3 rings (SSSR count). The van der Waals surface area contributed by atoms with E-state index in [1.165, 1.54) is 18.4 Å². The number of piperidine rings is 1. The molecule has 1 aromatic carbocycles. The molecule has 0 saturated carbocycles. The van der Waals surface area contributed by atoms with Crippen LogP contribution in [0.1, 0.15) is 18.4 Å². The summed E-state index contributed by atoms with van der Waals surface area (Å²) in [5, 5.41) is 3.40. The maximum Gasteiger partial charge on any atom is 0.123 e. The number of para-hydroxylation sites is 1. The summed E-state index contributed by atoms with van der Waals surface area (Å²) < 4.78 is 6.02. The van der Waals surface area contributed by atoms with E-state index < -0.39 is 0 Å². The number of fused-ring (bicyclic) bond motifs is 1. The van der Waals surface area contributed by atoms with Gasteiger partial charge in [-0.25, -0.2) is 0 Å². The maximum absolute atomic E-state index is 6.02. The third-order valence-corrected chi connectivity index (χ3v) is 3.58. The lowest BCUT2D eigenvalue weighted by Gasteiger charge is -2.27. The smallest absolute Gasteiger partial charge is 0.123 e. The van der Waals surface area contributed by atoms with Crippen LogP contribution >= 0.6 is 0 Å². The number of ether oxygens (including phenoxy) is 1. The van der Waals surface area contributed by atoms with Crippen LogP contribution in [-0.2, 0) is 6.42 Å². The molecule has 1 saturated heterocycles. The molecule has 1 atom stereocenters. The number of benzene rings is 1. The molecule has 1 N–H and O–H groups in total. The molecule has 0 spiro atoms. The van der Waals surface area contributed by atoms with Gasteiger partial charge in [-0.15, -0.1) is 0 Å². The van der Waals surface area contributed by atoms with Gasteiger partial charge in [0, 0.05) is 6.42 Å². The second-order valence-corrected chi connectivity index (χ2v) is 4.56. The Labute approximate surface area is 90.6 Å². The molecular weight excluding hydrogens is 186 g/mol. The minimum absolute atomic E-state index is 0.435. The predicted molar refractivity (Wildman–Crippen MR) is 60.2 cm³/mol. The van der Waals surface area contributed by atoms with Crippen molar-refractivity contribution in [2.24, 2.45) is 5.92 Å². The first kappa shape index (κ1) is 9.22. The van der Waals surface area contributed by atoms with E-state index in [1.54, 1.807) is 0 Å². The Bertz CT molecular complexity index is 319. The molecule has 0 bridgehead atoms. The molecular formula is C13H17NO. The summed E-state index contributed by atoms with van der Waals surface area (Å²) in [4.78, 5) is 0. The molecule has 0 amide bonds. The first-order chi connectivity index (χ1) is 7.43. The molecule has 0 radical (unpaired) electrons. The van der Waals surface area contributed by atoms with Gasteiger partial charge in [0.2, 0.25) is 0 Å². The van der Waals surface area contributed by atoms with E-state index in [0.717, 1.165) is 31.2 Å². The zero-order valence-corrected chi connectivity index (χ0v) is 8.91. The van der Waals surface area contributed by atoms with Crippen molar-refractivity contribution in [2.75, 3.05) is 13.1 Å². The number of hydrogen-bond donors (Lipinski definition) is 1. The summed E-state index contributed by atoms with van der Waals surface area (Å²) in [6, 6.07) is 8.45. The third-order valence-electron chi connectivity index (χ3n) is 3.58. The van der Waals surface area contributed by atoms with Gasteiger partial charge in [0.1, 0.15) is 11.9 Å². The Morgan fingerprint density at radius 3 is 2.73 bits per heavy atom. The summed E-state index contributed by atoms with van der Waals surface area (Å²) in [5.41, 5.74) is 1.39. The Morgan fingerprint density at radius 2 is 1.93 bits per heavy atom. The van der Waals surface area contributed by atoms with Crippen molar-refractivity contribution in [3.8, 4) is 5.75 Å². The van der Waals surface area contributed by atoms with Gasteiger partial charge in [0.05, 0.1) is 0 Å². The Kier molecular flexibility index (Phi) is 2.37. The minimum Gasteiger partial charge on any atom is -0.490 e. The van der Waals surface area contributed by atoms with Gasteiger partial charge in [-0.1, -0.05) is 18.2 Å². The lowest BCUT2D eigenvalue weighted by atomic mass is 9.90. The second-order valence-electron chi connectivity index (χ2n) is 4.56. The Morgan fingerprint density at radius 1 is 1.13 bits per heavy atom. The fraction of sp³-hybridized carbons (Fsp3) is 0.538. The molecule has 0 unspecified atom stereocenters. The van der Waals surface area contributed by atoms with Gasteiger partial charge in [0.25, 0.3) is 0 Å². The number of nitrogens with one attached hydrogen (secondary N) is 1. The highest BCUT2D eigenvalue weighted by molar-refractivity contribution is 5.37. The minimum atomic E-state index is 0.435. The quantitative estimate of drug-likeness (QED) is 0.753. The summed E-state index contributed by atoms with van der Waals surface area (Å²) in [6.45, 7) is 2.31. The standard InChI is InChI=1S/C13H17NO/c1-2-4-12-11(3-1)9-13(15-12)10-5-7-14-8-6-10/h1-4,10,13-14H,5-9H2/t13-/m1/s1. The summed E-state index contributed by atoms with van der Waals surface area (Å²) >= 11 is 0. The van der Waals surface area contributed by atoms with Crippen molar-refractivity contribution < 1.29 is 4.74 Å². The highest BCUT2D eigenvalue weighted by atomic mass is 16.5. The third kappa shape index (κ3) is 1.74. The van der Waals surface area contributed by atoms with Crippen molar-refractivity contribution in [3.05, 3.63) is 29.8 Å². The molecule has 2 aliphatic heterocycles. The molecule has 1 aromatic rings. The molecule has 1 fully saturated rings. The number of rotatable bonds is 1. The summed E-state index contributed by atoms with van der Waals surface area (Å²) in [5.74, 6) is 1.86. The fourth-order valence-electron chi connectivity index (χ4n) is 2.69. The van der Waals surface area contributed by atoms with Crippen LogP contribution in [0.2, 0.25) is 0 Å². The van der Waals surface area contributed by atoms with E-state index in [4.69, 9.17) is 4.74 Å². The van der Waals surface area contributed by atoms with Crippen molar-refractivity contribution in [1.29, 1.82) is 0 Å². The molecule has 15 heavy (non-hydrogen) atoms. The number of hydrogen-bond acceptors (Lipinski definition) is 2. The van der Waals surface area contributed by atoms with Crippen molar-refractivity contribution in [2.45, 2.75) is 25.4 Å². The van der Waals surface area contributed by atoms with E-state index in [1.807, 2.05) is 0 Å². The van der Waals surface area contributed by atoms with Gasteiger partial charge in [-0.3, -0.25) is 0 Å². The molecule has 80 valence electrons.